The predicted octanol–water partition coefficient (Wildman–Crippen LogP) is -0.844. The first kappa shape index (κ1) is 12.4. The number of rotatable bonds is 3. The standard InChI is InChI=1S/C10H20N2O3/c1-8-7-15-9(6-13)4-12(8)10(14)5-11(2)3/h8-9,13H,4-7H2,1-3H3. The summed E-state index contributed by atoms with van der Waals surface area (Å²) in [6.07, 6.45) is -0.229. The minimum absolute atomic E-state index is 0.0293. The summed E-state index contributed by atoms with van der Waals surface area (Å²) < 4.78 is 5.37. The van der Waals surface area contributed by atoms with Gasteiger partial charge in [-0.05, 0) is 21.0 Å². The number of aliphatic hydroxyl groups excluding tert-OH is 1. The van der Waals surface area contributed by atoms with Gasteiger partial charge >= 0.3 is 0 Å². The second-order valence-corrected chi connectivity index (χ2v) is 4.27. The molecule has 0 spiro atoms. The fourth-order valence-corrected chi connectivity index (χ4v) is 1.64. The third kappa shape index (κ3) is 3.44. The summed E-state index contributed by atoms with van der Waals surface area (Å²) in [5, 5.41) is 8.99. The van der Waals surface area contributed by atoms with Gasteiger partial charge in [0.25, 0.3) is 0 Å². The van der Waals surface area contributed by atoms with Crippen molar-refractivity contribution in [2.24, 2.45) is 0 Å². The van der Waals surface area contributed by atoms with Gasteiger partial charge in [-0.15, -0.1) is 0 Å². The minimum Gasteiger partial charge on any atom is -0.394 e. The smallest absolute Gasteiger partial charge is 0.237 e. The van der Waals surface area contributed by atoms with Gasteiger partial charge < -0.3 is 19.6 Å². The van der Waals surface area contributed by atoms with Crippen LogP contribution < -0.4 is 0 Å². The summed E-state index contributed by atoms with van der Waals surface area (Å²) in [7, 11) is 3.74. The molecule has 5 nitrogen and oxygen atoms in total. The molecule has 1 aliphatic heterocycles. The maximum Gasteiger partial charge on any atom is 0.237 e. The highest BCUT2D eigenvalue weighted by Crippen LogP contribution is 2.11. The van der Waals surface area contributed by atoms with E-state index in [-0.39, 0.29) is 24.7 Å². The maximum atomic E-state index is 11.8. The summed E-state index contributed by atoms with van der Waals surface area (Å²) in [6.45, 7) is 3.33. The van der Waals surface area contributed by atoms with E-state index in [0.717, 1.165) is 0 Å². The molecule has 2 unspecified atom stereocenters. The fraction of sp³-hybridized carbons (Fsp3) is 0.900. The number of ether oxygens (including phenoxy) is 1. The number of morpholine rings is 1. The van der Waals surface area contributed by atoms with E-state index in [1.165, 1.54) is 0 Å². The molecule has 5 heteroatoms. The van der Waals surface area contributed by atoms with Crippen molar-refractivity contribution in [3.8, 4) is 0 Å². The molecule has 0 radical (unpaired) electrons. The first-order valence-electron chi connectivity index (χ1n) is 5.21. The Kier molecular flexibility index (Phi) is 4.50. The Bertz CT molecular complexity index is 221. The molecule has 1 N–H and O–H groups in total. The lowest BCUT2D eigenvalue weighted by molar-refractivity contribution is -0.146. The number of aliphatic hydroxyl groups is 1. The lowest BCUT2D eigenvalue weighted by Gasteiger charge is -2.37. The van der Waals surface area contributed by atoms with Crippen LogP contribution in [0.2, 0.25) is 0 Å². The zero-order chi connectivity index (χ0) is 11.4. The average molecular weight is 216 g/mol. The Labute approximate surface area is 90.6 Å². The molecule has 1 rings (SSSR count). The molecule has 0 saturated carbocycles. The Morgan fingerprint density at radius 2 is 2.27 bits per heavy atom. The van der Waals surface area contributed by atoms with E-state index >= 15 is 0 Å². The third-order valence-electron chi connectivity index (χ3n) is 2.48. The lowest BCUT2D eigenvalue weighted by atomic mass is 10.2. The van der Waals surface area contributed by atoms with Crippen molar-refractivity contribution in [3.63, 3.8) is 0 Å². The predicted molar refractivity (Wildman–Crippen MR) is 56.6 cm³/mol. The largest absolute Gasteiger partial charge is 0.394 e. The zero-order valence-corrected chi connectivity index (χ0v) is 9.64. The first-order chi connectivity index (χ1) is 7.04. The van der Waals surface area contributed by atoms with Gasteiger partial charge in [-0.3, -0.25) is 4.79 Å². The monoisotopic (exact) mass is 216 g/mol. The van der Waals surface area contributed by atoms with Crippen molar-refractivity contribution in [1.82, 2.24) is 9.80 Å². The van der Waals surface area contributed by atoms with Crippen molar-refractivity contribution < 1.29 is 14.6 Å². The second-order valence-electron chi connectivity index (χ2n) is 4.27. The van der Waals surface area contributed by atoms with Gasteiger partial charge in [-0.1, -0.05) is 0 Å². The van der Waals surface area contributed by atoms with E-state index in [9.17, 15) is 4.79 Å². The van der Waals surface area contributed by atoms with Gasteiger partial charge in [0.2, 0.25) is 5.91 Å². The van der Waals surface area contributed by atoms with E-state index in [2.05, 4.69) is 0 Å². The number of nitrogens with zero attached hydrogens (tertiary/aromatic N) is 2. The highest BCUT2D eigenvalue weighted by atomic mass is 16.5. The highest BCUT2D eigenvalue weighted by molar-refractivity contribution is 5.78. The molecule has 2 atom stereocenters. The molecule has 1 heterocycles. The van der Waals surface area contributed by atoms with Crippen LogP contribution in [0.4, 0.5) is 0 Å². The van der Waals surface area contributed by atoms with E-state index < -0.39 is 0 Å². The van der Waals surface area contributed by atoms with Crippen LogP contribution in [-0.2, 0) is 9.53 Å². The summed E-state index contributed by atoms with van der Waals surface area (Å²) in [5.41, 5.74) is 0. The number of hydrogen-bond donors (Lipinski definition) is 1. The fourth-order valence-electron chi connectivity index (χ4n) is 1.64. The second kappa shape index (κ2) is 5.44. The molecule has 15 heavy (non-hydrogen) atoms. The normalized spacial score (nSPS) is 27.1. The Balaban J connectivity index is 2.53. The van der Waals surface area contributed by atoms with E-state index in [0.29, 0.717) is 19.7 Å². The maximum absolute atomic E-state index is 11.8. The van der Waals surface area contributed by atoms with Gasteiger partial charge in [0.05, 0.1) is 31.9 Å². The first-order valence-corrected chi connectivity index (χ1v) is 5.21. The molecule has 0 aromatic rings. The Morgan fingerprint density at radius 3 is 2.80 bits per heavy atom. The average Bonchev–Trinajstić information content (AvgIpc) is 2.17. The van der Waals surface area contributed by atoms with Gasteiger partial charge in [-0.25, -0.2) is 0 Å². The van der Waals surface area contributed by atoms with Crippen molar-refractivity contribution in [1.29, 1.82) is 0 Å². The number of likely N-dealkylation sites (N-methyl/N-ethyl adjacent to an activating group) is 1. The van der Waals surface area contributed by atoms with Gasteiger partial charge in [0.1, 0.15) is 0 Å². The van der Waals surface area contributed by atoms with Crippen LogP contribution >= 0.6 is 0 Å². The third-order valence-corrected chi connectivity index (χ3v) is 2.48. The molecule has 1 saturated heterocycles. The summed E-state index contributed by atoms with van der Waals surface area (Å²) in [6, 6.07) is 0.0975. The summed E-state index contributed by atoms with van der Waals surface area (Å²) in [5.74, 6) is 0.0919. The molecular weight excluding hydrogens is 196 g/mol. The number of amides is 1. The van der Waals surface area contributed by atoms with Gasteiger partial charge in [0.15, 0.2) is 0 Å². The lowest BCUT2D eigenvalue weighted by Crippen LogP contribution is -2.53. The number of carbonyl (C=O) groups excluding carboxylic acids is 1. The molecule has 88 valence electrons. The quantitative estimate of drug-likeness (QED) is 0.668. The summed E-state index contributed by atoms with van der Waals surface area (Å²) in [4.78, 5) is 15.5. The highest BCUT2D eigenvalue weighted by Gasteiger charge is 2.29. The van der Waals surface area contributed by atoms with Crippen molar-refractivity contribution in [2.75, 3.05) is 40.4 Å². The molecule has 0 aromatic carbocycles. The van der Waals surface area contributed by atoms with Gasteiger partial charge in [0, 0.05) is 6.54 Å². The summed E-state index contributed by atoms with van der Waals surface area (Å²) >= 11 is 0. The van der Waals surface area contributed by atoms with E-state index in [1.54, 1.807) is 4.90 Å². The van der Waals surface area contributed by atoms with E-state index in [4.69, 9.17) is 9.84 Å². The number of carbonyl (C=O) groups is 1. The van der Waals surface area contributed by atoms with Crippen LogP contribution in [0.1, 0.15) is 6.92 Å². The molecule has 0 bridgehead atoms. The number of hydrogen-bond acceptors (Lipinski definition) is 4. The van der Waals surface area contributed by atoms with Crippen molar-refractivity contribution in [3.05, 3.63) is 0 Å². The Hall–Kier alpha value is -0.650. The Morgan fingerprint density at radius 1 is 1.60 bits per heavy atom. The van der Waals surface area contributed by atoms with Crippen molar-refractivity contribution in [2.45, 2.75) is 19.1 Å². The zero-order valence-electron chi connectivity index (χ0n) is 9.64. The van der Waals surface area contributed by atoms with Crippen LogP contribution in [0, 0.1) is 0 Å². The molecule has 1 aliphatic rings. The van der Waals surface area contributed by atoms with E-state index in [1.807, 2.05) is 25.9 Å². The van der Waals surface area contributed by atoms with Crippen LogP contribution in [0.3, 0.4) is 0 Å². The minimum atomic E-state index is -0.229. The van der Waals surface area contributed by atoms with Crippen LogP contribution in [0.15, 0.2) is 0 Å². The van der Waals surface area contributed by atoms with Crippen LogP contribution in [-0.4, -0.2) is 73.4 Å². The van der Waals surface area contributed by atoms with Crippen LogP contribution in [0.25, 0.3) is 0 Å². The molecule has 1 amide bonds. The molecular formula is C10H20N2O3. The van der Waals surface area contributed by atoms with Crippen LogP contribution in [0.5, 0.6) is 0 Å². The SMILES string of the molecule is CC1COC(CO)CN1C(=O)CN(C)C. The van der Waals surface area contributed by atoms with Gasteiger partial charge in [-0.2, -0.15) is 0 Å². The topological polar surface area (TPSA) is 53.0 Å². The van der Waals surface area contributed by atoms with Crippen molar-refractivity contribution >= 4 is 5.91 Å². The molecule has 0 aliphatic carbocycles. The molecule has 1 fully saturated rings. The molecule has 0 aromatic heterocycles.